The molecule has 0 fully saturated rings. The molecule has 0 aliphatic carbocycles. The predicted molar refractivity (Wildman–Crippen MR) is 100 cm³/mol. The zero-order chi connectivity index (χ0) is 17.4. The Labute approximate surface area is 146 Å². The topological polar surface area (TPSA) is 37.4 Å². The van der Waals surface area contributed by atoms with Crippen molar-refractivity contribution in [1.29, 1.82) is 0 Å². The Morgan fingerprint density at radius 3 is 1.96 bits per heavy atom. The van der Waals surface area contributed by atoms with Crippen molar-refractivity contribution in [2.24, 2.45) is 0 Å². The lowest BCUT2D eigenvalue weighted by molar-refractivity contribution is 0.0893. The molecule has 0 bridgehead atoms. The highest BCUT2D eigenvalue weighted by atomic mass is 16.2. The summed E-state index contributed by atoms with van der Waals surface area (Å²) in [5.74, 6) is -0.508. The third-order valence-electron chi connectivity index (χ3n) is 4.79. The molecule has 25 heavy (non-hydrogen) atoms. The van der Waals surface area contributed by atoms with E-state index < -0.39 is 0 Å². The lowest BCUT2D eigenvalue weighted by Crippen LogP contribution is -2.40. The summed E-state index contributed by atoms with van der Waals surface area (Å²) >= 11 is 0. The number of carbonyl (C=O) groups excluding carboxylic acids is 2. The van der Waals surface area contributed by atoms with Crippen LogP contribution in [0.5, 0.6) is 0 Å². The number of unbranched alkanes of at least 4 members (excludes halogenated alkanes) is 1. The zero-order valence-corrected chi connectivity index (χ0v) is 14.2. The number of amides is 2. The maximum atomic E-state index is 13.0. The van der Waals surface area contributed by atoms with Gasteiger partial charge in [0, 0.05) is 16.5 Å². The van der Waals surface area contributed by atoms with Gasteiger partial charge in [-0.1, -0.05) is 49.7 Å². The molecule has 3 nitrogen and oxygen atoms in total. The van der Waals surface area contributed by atoms with Crippen molar-refractivity contribution < 1.29 is 9.59 Å². The van der Waals surface area contributed by atoms with Crippen LogP contribution >= 0.6 is 0 Å². The van der Waals surface area contributed by atoms with Gasteiger partial charge in [0.05, 0.1) is 5.69 Å². The molecule has 0 aromatic heterocycles. The third kappa shape index (κ3) is 2.52. The molecule has 1 heterocycles. The van der Waals surface area contributed by atoms with Gasteiger partial charge in [0.2, 0.25) is 0 Å². The van der Waals surface area contributed by atoms with Crippen LogP contribution in [0.15, 0.2) is 60.7 Å². The predicted octanol–water partition coefficient (Wildman–Crippen LogP) is 4.98. The maximum absolute atomic E-state index is 13.0. The van der Waals surface area contributed by atoms with Crippen molar-refractivity contribution in [3.63, 3.8) is 0 Å². The van der Waals surface area contributed by atoms with Crippen LogP contribution < -0.4 is 4.90 Å². The van der Waals surface area contributed by atoms with E-state index >= 15 is 0 Å². The molecule has 1 aliphatic heterocycles. The summed E-state index contributed by atoms with van der Waals surface area (Å²) in [5.41, 5.74) is 3.03. The van der Waals surface area contributed by atoms with Gasteiger partial charge in [-0.25, -0.2) is 4.90 Å². The number of anilines is 1. The van der Waals surface area contributed by atoms with Gasteiger partial charge in [-0.15, -0.1) is 0 Å². The summed E-state index contributed by atoms with van der Waals surface area (Å²) in [5, 5.41) is 1.68. The first-order valence-corrected chi connectivity index (χ1v) is 8.70. The molecule has 0 saturated carbocycles. The standard InChI is InChI=1S/C22H19NO2/c1-2-3-6-15-11-13-17(14-12-15)23-21(24)18-9-4-7-16-8-5-10-19(20(16)18)22(23)25/h4-5,7-14H,2-3,6H2,1H3. The fourth-order valence-corrected chi connectivity index (χ4v) is 3.46. The van der Waals surface area contributed by atoms with Crippen LogP contribution in [-0.2, 0) is 6.42 Å². The highest BCUT2D eigenvalue weighted by Crippen LogP contribution is 2.32. The normalized spacial score (nSPS) is 13.6. The van der Waals surface area contributed by atoms with Gasteiger partial charge >= 0.3 is 0 Å². The first-order chi connectivity index (χ1) is 12.2. The molecule has 0 radical (unpaired) electrons. The second-order valence-corrected chi connectivity index (χ2v) is 6.42. The minimum absolute atomic E-state index is 0.254. The summed E-state index contributed by atoms with van der Waals surface area (Å²) in [6.45, 7) is 2.16. The summed E-state index contributed by atoms with van der Waals surface area (Å²) in [6.07, 6.45) is 3.29. The molecule has 0 atom stereocenters. The molecule has 1 aliphatic rings. The van der Waals surface area contributed by atoms with Gasteiger partial charge in [0.25, 0.3) is 11.8 Å². The Morgan fingerprint density at radius 2 is 1.40 bits per heavy atom. The van der Waals surface area contributed by atoms with E-state index in [0.717, 1.165) is 30.0 Å². The van der Waals surface area contributed by atoms with Gasteiger partial charge < -0.3 is 0 Å². The van der Waals surface area contributed by atoms with E-state index in [9.17, 15) is 9.59 Å². The molecule has 0 N–H and O–H groups in total. The minimum Gasteiger partial charge on any atom is -0.268 e. The summed E-state index contributed by atoms with van der Waals surface area (Å²) in [7, 11) is 0. The number of hydrogen-bond donors (Lipinski definition) is 0. The molecule has 0 unspecified atom stereocenters. The van der Waals surface area contributed by atoms with E-state index in [2.05, 4.69) is 6.92 Å². The fourth-order valence-electron chi connectivity index (χ4n) is 3.46. The number of hydrogen-bond acceptors (Lipinski definition) is 2. The van der Waals surface area contributed by atoms with E-state index in [1.165, 1.54) is 10.5 Å². The van der Waals surface area contributed by atoms with Crippen LogP contribution in [-0.4, -0.2) is 11.8 Å². The number of benzene rings is 3. The molecule has 2 amide bonds. The average molecular weight is 329 g/mol. The fraction of sp³-hybridized carbons (Fsp3) is 0.182. The molecular weight excluding hydrogens is 310 g/mol. The smallest absolute Gasteiger partial charge is 0.265 e. The molecule has 3 aromatic carbocycles. The van der Waals surface area contributed by atoms with E-state index in [1.807, 2.05) is 48.5 Å². The molecule has 0 saturated heterocycles. The first kappa shape index (κ1) is 15.6. The number of imide groups is 1. The Kier molecular flexibility index (Phi) is 3.85. The van der Waals surface area contributed by atoms with E-state index in [4.69, 9.17) is 0 Å². The molecule has 4 rings (SSSR count). The highest BCUT2D eigenvalue weighted by molar-refractivity contribution is 6.35. The van der Waals surface area contributed by atoms with Crippen molar-refractivity contribution in [1.82, 2.24) is 0 Å². The third-order valence-corrected chi connectivity index (χ3v) is 4.79. The molecule has 3 aromatic rings. The van der Waals surface area contributed by atoms with Gasteiger partial charge in [0.15, 0.2) is 0 Å². The maximum Gasteiger partial charge on any atom is 0.265 e. The lowest BCUT2D eigenvalue weighted by atomic mass is 9.93. The minimum atomic E-state index is -0.254. The lowest BCUT2D eigenvalue weighted by Gasteiger charge is -2.27. The largest absolute Gasteiger partial charge is 0.268 e. The monoisotopic (exact) mass is 329 g/mol. The zero-order valence-electron chi connectivity index (χ0n) is 14.2. The van der Waals surface area contributed by atoms with E-state index in [1.54, 1.807) is 12.1 Å². The average Bonchev–Trinajstić information content (AvgIpc) is 2.65. The molecule has 3 heteroatoms. The van der Waals surface area contributed by atoms with Crippen LogP contribution in [0.1, 0.15) is 46.0 Å². The Balaban J connectivity index is 1.77. The summed E-state index contributed by atoms with van der Waals surface area (Å²) in [6, 6.07) is 18.9. The van der Waals surface area contributed by atoms with Crippen molar-refractivity contribution in [2.45, 2.75) is 26.2 Å². The second-order valence-electron chi connectivity index (χ2n) is 6.42. The SMILES string of the molecule is CCCCc1ccc(N2C(=O)c3cccc4cccc(c34)C2=O)cc1. The van der Waals surface area contributed by atoms with Crippen LogP contribution in [0.4, 0.5) is 5.69 Å². The number of carbonyl (C=O) groups is 2. The van der Waals surface area contributed by atoms with E-state index in [0.29, 0.717) is 16.8 Å². The Bertz CT molecular complexity index is 922. The first-order valence-electron chi connectivity index (χ1n) is 8.70. The highest BCUT2D eigenvalue weighted by Gasteiger charge is 2.33. The van der Waals surface area contributed by atoms with Crippen LogP contribution in [0.2, 0.25) is 0 Å². The van der Waals surface area contributed by atoms with Crippen molar-refractivity contribution in [3.8, 4) is 0 Å². The quantitative estimate of drug-likeness (QED) is 0.633. The Hall–Kier alpha value is -2.94. The van der Waals surface area contributed by atoms with E-state index in [-0.39, 0.29) is 11.8 Å². The number of rotatable bonds is 4. The molecule has 124 valence electrons. The molecular formula is C22H19NO2. The van der Waals surface area contributed by atoms with Crippen molar-refractivity contribution in [2.75, 3.05) is 4.90 Å². The number of aryl methyl sites for hydroxylation is 1. The van der Waals surface area contributed by atoms with Crippen LogP contribution in [0, 0.1) is 0 Å². The van der Waals surface area contributed by atoms with Gasteiger partial charge in [0.1, 0.15) is 0 Å². The second kappa shape index (κ2) is 6.17. The van der Waals surface area contributed by atoms with Gasteiger partial charge in [-0.2, -0.15) is 0 Å². The van der Waals surface area contributed by atoms with Gasteiger partial charge in [-0.05, 0) is 48.1 Å². The number of nitrogens with zero attached hydrogens (tertiary/aromatic N) is 1. The van der Waals surface area contributed by atoms with Crippen molar-refractivity contribution >= 4 is 28.3 Å². The summed E-state index contributed by atoms with van der Waals surface area (Å²) in [4.78, 5) is 27.2. The Morgan fingerprint density at radius 1 is 0.800 bits per heavy atom. The summed E-state index contributed by atoms with van der Waals surface area (Å²) < 4.78 is 0. The van der Waals surface area contributed by atoms with Crippen molar-refractivity contribution in [3.05, 3.63) is 77.4 Å². The van der Waals surface area contributed by atoms with Gasteiger partial charge in [-0.3, -0.25) is 9.59 Å². The van der Waals surface area contributed by atoms with Crippen LogP contribution in [0.25, 0.3) is 10.8 Å². The molecule has 0 spiro atoms. The van der Waals surface area contributed by atoms with Crippen LogP contribution in [0.3, 0.4) is 0 Å².